The minimum atomic E-state index is -0.910. The smallest absolute Gasteiger partial charge is 0.242 e. The van der Waals surface area contributed by atoms with Crippen molar-refractivity contribution in [1.82, 2.24) is 20.9 Å². The second kappa shape index (κ2) is 13.3. The highest BCUT2D eigenvalue weighted by molar-refractivity contribution is 7.15. The molecule has 1 aliphatic rings. The molecule has 0 unspecified atom stereocenters. The van der Waals surface area contributed by atoms with Crippen LogP contribution in [0.1, 0.15) is 49.6 Å². The number of carbonyl (C=O) groups excluding carboxylic acids is 4. The number of thiazole rings is 1. The summed E-state index contributed by atoms with van der Waals surface area (Å²) in [6, 6.07) is 2.60. The van der Waals surface area contributed by atoms with Crippen LogP contribution < -0.4 is 27.0 Å². The first-order valence-corrected chi connectivity index (χ1v) is 13.5. The molecule has 0 aliphatic carbocycles. The van der Waals surface area contributed by atoms with Crippen molar-refractivity contribution in [3.63, 3.8) is 0 Å². The number of fused-ring (bicyclic) bond motifs is 4. The Hall–Kier alpha value is -3.51. The molecule has 11 nitrogen and oxygen atoms in total. The largest absolute Gasteiger partial charge is 0.508 e. The summed E-state index contributed by atoms with van der Waals surface area (Å²) >= 11 is 1.46. The standard InChI is InChI=1S/C26H36N6O5S/c1-14-9-22(34)15(2)31-25(37)20(27)11-17-5-6-21(33)18(10-17)12-19-13-30-26(38-19)29-8-4-7-28-24(36)16(3)32-23(14)35/h5-6,10,13-16,20,33H,4,7-9,11-12,27H2,1-3H3,(H,28,36)(H,29,30)(H,31,37)(H,32,35)/t14-,15+,16+,20+/m1/s1. The number of carbonyl (C=O) groups is 4. The summed E-state index contributed by atoms with van der Waals surface area (Å²) in [7, 11) is 0. The molecule has 7 N–H and O–H groups in total. The van der Waals surface area contributed by atoms with Crippen molar-refractivity contribution in [2.24, 2.45) is 11.7 Å². The number of hydrogen-bond acceptors (Lipinski definition) is 9. The van der Waals surface area contributed by atoms with Crippen LogP contribution in [0.4, 0.5) is 5.13 Å². The number of Topliss-reactive ketones (excluding diaryl/α,β-unsaturated/α-hetero) is 1. The zero-order chi connectivity index (χ0) is 27.8. The van der Waals surface area contributed by atoms with Gasteiger partial charge < -0.3 is 32.1 Å². The van der Waals surface area contributed by atoms with Gasteiger partial charge in [0, 0.05) is 42.9 Å². The molecule has 0 saturated heterocycles. The number of amides is 3. The number of nitrogens with zero attached hydrogens (tertiary/aromatic N) is 1. The van der Waals surface area contributed by atoms with E-state index in [9.17, 15) is 24.3 Å². The Labute approximate surface area is 226 Å². The van der Waals surface area contributed by atoms with E-state index >= 15 is 0 Å². The zero-order valence-corrected chi connectivity index (χ0v) is 22.7. The fraction of sp³-hybridized carbons (Fsp3) is 0.500. The summed E-state index contributed by atoms with van der Waals surface area (Å²) in [6.07, 6.45) is 2.98. The summed E-state index contributed by atoms with van der Waals surface area (Å²) in [5.41, 5.74) is 7.59. The molecule has 1 aromatic heterocycles. The first-order valence-electron chi connectivity index (χ1n) is 12.7. The van der Waals surface area contributed by atoms with E-state index in [0.717, 1.165) is 15.6 Å². The van der Waals surface area contributed by atoms with Crippen molar-refractivity contribution >= 4 is 40.0 Å². The predicted octanol–water partition coefficient (Wildman–Crippen LogP) is 0.846. The molecular formula is C26H36N6O5S. The van der Waals surface area contributed by atoms with Crippen molar-refractivity contribution in [3.8, 4) is 5.75 Å². The van der Waals surface area contributed by atoms with Crippen LogP contribution in [0.2, 0.25) is 0 Å². The quantitative estimate of drug-likeness (QED) is 0.283. The summed E-state index contributed by atoms with van der Waals surface area (Å²) in [5.74, 6) is -2.09. The molecule has 3 rings (SSSR count). The lowest BCUT2D eigenvalue weighted by Crippen LogP contribution is -2.49. The highest BCUT2D eigenvalue weighted by Crippen LogP contribution is 2.26. The lowest BCUT2D eigenvalue weighted by atomic mass is 9.98. The first-order chi connectivity index (χ1) is 18.0. The highest BCUT2D eigenvalue weighted by Gasteiger charge is 2.26. The van der Waals surface area contributed by atoms with Crippen LogP contribution in [-0.4, -0.2) is 64.8 Å². The van der Waals surface area contributed by atoms with E-state index in [-0.39, 0.29) is 30.3 Å². The maximum Gasteiger partial charge on any atom is 0.242 e. The summed E-state index contributed by atoms with van der Waals surface area (Å²) in [4.78, 5) is 55.5. The minimum absolute atomic E-state index is 0.0956. The van der Waals surface area contributed by atoms with Gasteiger partial charge in [0.05, 0.1) is 12.1 Å². The monoisotopic (exact) mass is 544 g/mol. The maximum atomic E-state index is 12.7. The zero-order valence-electron chi connectivity index (χ0n) is 21.9. The van der Waals surface area contributed by atoms with Gasteiger partial charge in [0.15, 0.2) is 10.9 Å². The number of rotatable bonds is 0. The van der Waals surface area contributed by atoms with Gasteiger partial charge in [-0.05, 0) is 43.9 Å². The topological polar surface area (TPSA) is 176 Å². The van der Waals surface area contributed by atoms with Crippen LogP contribution in [0.5, 0.6) is 5.75 Å². The Morgan fingerprint density at radius 3 is 2.42 bits per heavy atom. The Balaban J connectivity index is 1.76. The van der Waals surface area contributed by atoms with Gasteiger partial charge in [0.2, 0.25) is 17.7 Å². The number of aromatic hydroxyl groups is 1. The molecule has 2 heterocycles. The van der Waals surface area contributed by atoms with E-state index in [2.05, 4.69) is 26.3 Å². The number of nitrogens with one attached hydrogen (secondary N) is 4. The Kier molecular flexibility index (Phi) is 10.2. The number of nitrogens with two attached hydrogens (primary N) is 1. The van der Waals surface area contributed by atoms with Crippen LogP contribution in [0.15, 0.2) is 24.4 Å². The van der Waals surface area contributed by atoms with Crippen LogP contribution in [0.3, 0.4) is 0 Å². The molecule has 2 aromatic rings. The van der Waals surface area contributed by atoms with E-state index < -0.39 is 35.9 Å². The van der Waals surface area contributed by atoms with Gasteiger partial charge >= 0.3 is 0 Å². The van der Waals surface area contributed by atoms with Crippen molar-refractivity contribution < 1.29 is 24.3 Å². The van der Waals surface area contributed by atoms with E-state index in [1.54, 1.807) is 39.1 Å². The van der Waals surface area contributed by atoms with Crippen LogP contribution in [-0.2, 0) is 32.0 Å². The third-order valence-electron chi connectivity index (χ3n) is 6.33. The molecule has 4 bridgehead atoms. The fourth-order valence-corrected chi connectivity index (χ4v) is 4.82. The van der Waals surface area contributed by atoms with Crippen molar-refractivity contribution in [2.75, 3.05) is 18.4 Å². The van der Waals surface area contributed by atoms with Gasteiger partial charge in [0.25, 0.3) is 0 Å². The number of phenols is 1. The number of ketones is 1. The lowest BCUT2D eigenvalue weighted by Gasteiger charge is -2.20. The Morgan fingerprint density at radius 1 is 0.947 bits per heavy atom. The molecule has 38 heavy (non-hydrogen) atoms. The van der Waals surface area contributed by atoms with Gasteiger partial charge in [-0.2, -0.15) is 0 Å². The second-order valence-electron chi connectivity index (χ2n) is 9.69. The van der Waals surface area contributed by atoms with Crippen LogP contribution in [0, 0.1) is 5.92 Å². The number of aromatic nitrogens is 1. The molecule has 1 aliphatic heterocycles. The lowest BCUT2D eigenvalue weighted by molar-refractivity contribution is -0.133. The van der Waals surface area contributed by atoms with Crippen molar-refractivity contribution in [2.45, 2.75) is 64.6 Å². The highest BCUT2D eigenvalue weighted by atomic mass is 32.1. The molecule has 0 fully saturated rings. The molecule has 1 aromatic carbocycles. The molecule has 0 radical (unpaired) electrons. The molecule has 3 amide bonds. The first kappa shape index (κ1) is 29.1. The van der Waals surface area contributed by atoms with Crippen molar-refractivity contribution in [1.29, 1.82) is 0 Å². The number of hydrogen-bond donors (Lipinski definition) is 6. The van der Waals surface area contributed by atoms with E-state index in [1.165, 1.54) is 11.3 Å². The van der Waals surface area contributed by atoms with E-state index in [4.69, 9.17) is 5.73 Å². The summed E-state index contributed by atoms with van der Waals surface area (Å²) in [5, 5.41) is 22.4. The molecule has 206 valence electrons. The summed E-state index contributed by atoms with van der Waals surface area (Å²) in [6.45, 7) is 5.73. The second-order valence-corrected chi connectivity index (χ2v) is 10.8. The summed E-state index contributed by atoms with van der Waals surface area (Å²) < 4.78 is 0. The Morgan fingerprint density at radius 2 is 1.66 bits per heavy atom. The predicted molar refractivity (Wildman–Crippen MR) is 145 cm³/mol. The molecule has 0 saturated carbocycles. The van der Waals surface area contributed by atoms with Gasteiger partial charge in [-0.3, -0.25) is 19.2 Å². The Bertz CT molecular complexity index is 1170. The van der Waals surface area contributed by atoms with Crippen LogP contribution >= 0.6 is 11.3 Å². The molecule has 0 spiro atoms. The average molecular weight is 545 g/mol. The van der Waals surface area contributed by atoms with E-state index in [0.29, 0.717) is 31.5 Å². The van der Waals surface area contributed by atoms with Crippen LogP contribution in [0.25, 0.3) is 0 Å². The van der Waals surface area contributed by atoms with Gasteiger partial charge in [0.1, 0.15) is 11.8 Å². The third kappa shape index (κ3) is 8.25. The third-order valence-corrected chi connectivity index (χ3v) is 7.29. The normalized spacial score (nSPS) is 24.8. The van der Waals surface area contributed by atoms with Crippen molar-refractivity contribution in [3.05, 3.63) is 40.4 Å². The fourth-order valence-electron chi connectivity index (χ4n) is 3.95. The molecule has 4 atom stereocenters. The number of benzene rings is 1. The average Bonchev–Trinajstić information content (AvgIpc) is 3.31. The number of anilines is 1. The molecule has 12 heteroatoms. The SMILES string of the molecule is C[C@@H]1CC(=O)[C@H](C)NC(=O)[C@@H](N)Cc2ccc(O)c(c2)Cc2cnc(s2)NCCCNC(=O)[C@H](C)NC1=O. The minimum Gasteiger partial charge on any atom is -0.508 e. The maximum absolute atomic E-state index is 12.7. The van der Waals surface area contributed by atoms with Gasteiger partial charge in [-0.1, -0.05) is 19.1 Å². The van der Waals surface area contributed by atoms with Gasteiger partial charge in [-0.15, -0.1) is 11.3 Å². The van der Waals surface area contributed by atoms with Gasteiger partial charge in [-0.25, -0.2) is 4.98 Å². The molecular weight excluding hydrogens is 508 g/mol. The number of phenolic OH excluding ortho intramolecular Hbond substituents is 1. The van der Waals surface area contributed by atoms with E-state index in [1.807, 2.05) is 6.07 Å².